The molecule has 0 saturated carbocycles. The van der Waals surface area contributed by atoms with Crippen LogP contribution in [0.2, 0.25) is 5.02 Å². The summed E-state index contributed by atoms with van der Waals surface area (Å²) in [5.74, 6) is -0.402. The van der Waals surface area contributed by atoms with Gasteiger partial charge in [-0.15, -0.1) is 0 Å². The molecule has 130 valence electrons. The number of anilines is 1. The molecule has 0 heterocycles. The highest BCUT2D eigenvalue weighted by molar-refractivity contribution is 6.32. The van der Waals surface area contributed by atoms with E-state index in [0.717, 1.165) is 6.07 Å². The average molecular weight is 363 g/mol. The van der Waals surface area contributed by atoms with Crippen LogP contribution in [0.5, 0.6) is 5.75 Å². The minimum absolute atomic E-state index is 0.0347. The lowest BCUT2D eigenvalue weighted by Gasteiger charge is -2.15. The summed E-state index contributed by atoms with van der Waals surface area (Å²) in [4.78, 5) is 33.7. The molecule has 2 aromatic carbocycles. The lowest BCUT2D eigenvalue weighted by atomic mass is 10.1. The molecule has 0 saturated heterocycles. The Hall–Kier alpha value is -2.93. The van der Waals surface area contributed by atoms with E-state index in [4.69, 9.17) is 16.3 Å². The smallest absolute Gasteiger partial charge is 0.271 e. The number of ether oxygens (including phenoxy) is 1. The monoisotopic (exact) mass is 362 g/mol. The zero-order valence-electron chi connectivity index (χ0n) is 13.5. The Morgan fingerprint density at radius 3 is 2.56 bits per heavy atom. The molecule has 0 aromatic heterocycles. The summed E-state index contributed by atoms with van der Waals surface area (Å²) in [5, 5.41) is 13.4. The fourth-order valence-electron chi connectivity index (χ4n) is 2.00. The molecule has 0 bridgehead atoms. The fourth-order valence-corrected chi connectivity index (χ4v) is 2.22. The molecule has 0 aliphatic carbocycles. The molecule has 0 radical (unpaired) electrons. The van der Waals surface area contributed by atoms with Gasteiger partial charge < -0.3 is 10.1 Å². The third-order valence-corrected chi connectivity index (χ3v) is 3.63. The zero-order valence-corrected chi connectivity index (χ0v) is 14.2. The Morgan fingerprint density at radius 1 is 1.24 bits per heavy atom. The average Bonchev–Trinajstić information content (AvgIpc) is 2.56. The summed E-state index contributed by atoms with van der Waals surface area (Å²) >= 11 is 5.94. The standard InChI is InChI=1S/C17H15ClN2O5/c1-10(21)12-4-3-5-13(8-12)19-17(22)11(2)25-16-7-6-14(20(23)24)9-15(16)18/h3-9,11H,1-2H3,(H,19,22). The maximum Gasteiger partial charge on any atom is 0.271 e. The van der Waals surface area contributed by atoms with Crippen LogP contribution in [0, 0.1) is 10.1 Å². The fraction of sp³-hybridized carbons (Fsp3) is 0.176. The van der Waals surface area contributed by atoms with E-state index < -0.39 is 16.9 Å². The number of nitro groups is 1. The number of benzene rings is 2. The van der Waals surface area contributed by atoms with E-state index in [1.807, 2.05) is 0 Å². The zero-order chi connectivity index (χ0) is 18.6. The van der Waals surface area contributed by atoms with Gasteiger partial charge in [0.15, 0.2) is 11.9 Å². The Labute approximate surface area is 148 Å². The van der Waals surface area contributed by atoms with Crippen LogP contribution in [0.3, 0.4) is 0 Å². The molecule has 0 spiro atoms. The number of hydrogen-bond donors (Lipinski definition) is 1. The van der Waals surface area contributed by atoms with Gasteiger partial charge in [-0.25, -0.2) is 0 Å². The number of nitro benzene ring substituents is 1. The highest BCUT2D eigenvalue weighted by Crippen LogP contribution is 2.29. The second-order valence-electron chi connectivity index (χ2n) is 5.26. The Kier molecular flexibility index (Phi) is 5.71. The van der Waals surface area contributed by atoms with Crippen LogP contribution < -0.4 is 10.1 Å². The molecule has 0 aliphatic heterocycles. The van der Waals surface area contributed by atoms with Gasteiger partial charge in [-0.2, -0.15) is 0 Å². The lowest BCUT2D eigenvalue weighted by Crippen LogP contribution is -2.30. The molecule has 1 N–H and O–H groups in total. The van der Waals surface area contributed by atoms with Crippen LogP contribution in [0.1, 0.15) is 24.2 Å². The SMILES string of the molecule is CC(=O)c1cccc(NC(=O)C(C)Oc2ccc([N+](=O)[O-])cc2Cl)c1. The molecule has 1 amide bonds. The van der Waals surface area contributed by atoms with Crippen molar-refractivity contribution in [1.29, 1.82) is 0 Å². The number of nitrogens with zero attached hydrogens (tertiary/aromatic N) is 1. The first kappa shape index (κ1) is 18.4. The van der Waals surface area contributed by atoms with Gasteiger partial charge in [0, 0.05) is 23.4 Å². The van der Waals surface area contributed by atoms with E-state index in [2.05, 4.69) is 5.32 Å². The molecule has 0 fully saturated rings. The van der Waals surface area contributed by atoms with Gasteiger partial charge in [-0.3, -0.25) is 19.7 Å². The molecule has 2 rings (SSSR count). The van der Waals surface area contributed by atoms with Gasteiger partial charge in [0.25, 0.3) is 11.6 Å². The van der Waals surface area contributed by atoms with Crippen molar-refractivity contribution in [2.45, 2.75) is 20.0 Å². The number of carbonyl (C=O) groups excluding carboxylic acids is 2. The van der Waals surface area contributed by atoms with Gasteiger partial charge in [-0.1, -0.05) is 23.7 Å². The summed E-state index contributed by atoms with van der Waals surface area (Å²) in [7, 11) is 0. The van der Waals surface area contributed by atoms with Crippen molar-refractivity contribution in [1.82, 2.24) is 0 Å². The number of halogens is 1. The quantitative estimate of drug-likeness (QED) is 0.478. The number of non-ortho nitro benzene ring substituents is 1. The van der Waals surface area contributed by atoms with Gasteiger partial charge in [0.2, 0.25) is 0 Å². The normalized spacial score (nSPS) is 11.5. The van der Waals surface area contributed by atoms with Gasteiger partial charge in [-0.05, 0) is 32.0 Å². The Balaban J connectivity index is 2.07. The summed E-state index contributed by atoms with van der Waals surface area (Å²) in [6.45, 7) is 2.95. The van der Waals surface area contributed by atoms with E-state index in [-0.39, 0.29) is 22.2 Å². The second-order valence-corrected chi connectivity index (χ2v) is 5.67. The number of amides is 1. The van der Waals surface area contributed by atoms with Crippen LogP contribution in [-0.4, -0.2) is 22.7 Å². The van der Waals surface area contributed by atoms with E-state index in [0.29, 0.717) is 11.3 Å². The van der Waals surface area contributed by atoms with E-state index >= 15 is 0 Å². The van der Waals surface area contributed by atoms with Crippen molar-refractivity contribution in [2.75, 3.05) is 5.32 Å². The van der Waals surface area contributed by atoms with Crippen LogP contribution in [-0.2, 0) is 4.79 Å². The van der Waals surface area contributed by atoms with Crippen LogP contribution >= 0.6 is 11.6 Å². The van der Waals surface area contributed by atoms with E-state index in [9.17, 15) is 19.7 Å². The van der Waals surface area contributed by atoms with Crippen LogP contribution in [0.4, 0.5) is 11.4 Å². The van der Waals surface area contributed by atoms with Gasteiger partial charge in [0.1, 0.15) is 5.75 Å². The largest absolute Gasteiger partial charge is 0.479 e. The van der Waals surface area contributed by atoms with E-state index in [1.54, 1.807) is 24.3 Å². The highest BCUT2D eigenvalue weighted by atomic mass is 35.5. The van der Waals surface area contributed by atoms with Crippen molar-refractivity contribution in [3.8, 4) is 5.75 Å². The van der Waals surface area contributed by atoms with Crippen molar-refractivity contribution < 1.29 is 19.2 Å². The summed E-state index contributed by atoms with van der Waals surface area (Å²) in [6, 6.07) is 10.2. The van der Waals surface area contributed by atoms with Crippen LogP contribution in [0.15, 0.2) is 42.5 Å². The predicted octanol–water partition coefficient (Wildman–Crippen LogP) is 3.86. The predicted molar refractivity (Wildman–Crippen MR) is 93.3 cm³/mol. The molecular weight excluding hydrogens is 348 g/mol. The maximum absolute atomic E-state index is 12.2. The number of hydrogen-bond acceptors (Lipinski definition) is 5. The molecule has 0 aliphatic rings. The molecular formula is C17H15ClN2O5. The van der Waals surface area contributed by atoms with Gasteiger partial charge in [0.05, 0.1) is 9.95 Å². The first-order valence-electron chi connectivity index (χ1n) is 7.30. The minimum Gasteiger partial charge on any atom is -0.479 e. The molecule has 2 aromatic rings. The third kappa shape index (κ3) is 4.77. The number of rotatable bonds is 6. The third-order valence-electron chi connectivity index (χ3n) is 3.34. The summed E-state index contributed by atoms with van der Waals surface area (Å²) < 4.78 is 5.46. The molecule has 1 atom stereocenters. The Morgan fingerprint density at radius 2 is 1.96 bits per heavy atom. The van der Waals surface area contributed by atoms with E-state index in [1.165, 1.54) is 26.0 Å². The number of carbonyl (C=O) groups is 2. The highest BCUT2D eigenvalue weighted by Gasteiger charge is 2.18. The van der Waals surface area contributed by atoms with Gasteiger partial charge >= 0.3 is 0 Å². The first-order chi connectivity index (χ1) is 11.8. The molecule has 8 heteroatoms. The Bertz CT molecular complexity index is 838. The minimum atomic E-state index is -0.903. The number of Topliss-reactive ketones (excluding diaryl/α,β-unsaturated/α-hetero) is 1. The maximum atomic E-state index is 12.2. The van der Waals surface area contributed by atoms with Crippen molar-refractivity contribution >= 4 is 34.7 Å². The lowest BCUT2D eigenvalue weighted by molar-refractivity contribution is -0.384. The van der Waals surface area contributed by atoms with Crippen LogP contribution in [0.25, 0.3) is 0 Å². The molecule has 7 nitrogen and oxygen atoms in total. The molecule has 25 heavy (non-hydrogen) atoms. The number of nitrogens with one attached hydrogen (secondary N) is 1. The first-order valence-corrected chi connectivity index (χ1v) is 7.68. The number of ketones is 1. The topological polar surface area (TPSA) is 98.5 Å². The van der Waals surface area contributed by atoms with Crippen molar-refractivity contribution in [3.63, 3.8) is 0 Å². The summed E-state index contributed by atoms with van der Waals surface area (Å²) in [5.41, 5.74) is 0.767. The second kappa shape index (κ2) is 7.76. The van der Waals surface area contributed by atoms with Crippen molar-refractivity contribution in [2.24, 2.45) is 0 Å². The summed E-state index contributed by atoms with van der Waals surface area (Å²) in [6.07, 6.45) is -0.903. The molecule has 1 unspecified atom stereocenters. The van der Waals surface area contributed by atoms with Crippen molar-refractivity contribution in [3.05, 3.63) is 63.2 Å².